The maximum atomic E-state index is 5.92. The van der Waals surface area contributed by atoms with Crippen molar-refractivity contribution in [3.8, 4) is 0 Å². The molecular formula is C11H14ClN3. The SMILES string of the molecule is Clc1nc2c(c(NC3CC3)n1)CCCC2. The van der Waals surface area contributed by atoms with Crippen LogP contribution in [0.3, 0.4) is 0 Å². The molecule has 0 unspecified atom stereocenters. The molecule has 15 heavy (non-hydrogen) atoms. The first-order valence-electron chi connectivity index (χ1n) is 5.65. The van der Waals surface area contributed by atoms with Crippen LogP contribution in [0.15, 0.2) is 0 Å². The van der Waals surface area contributed by atoms with Crippen molar-refractivity contribution in [1.29, 1.82) is 0 Å². The van der Waals surface area contributed by atoms with Gasteiger partial charge in [0.1, 0.15) is 5.82 Å². The Morgan fingerprint density at radius 1 is 1.13 bits per heavy atom. The molecule has 3 rings (SSSR count). The van der Waals surface area contributed by atoms with Gasteiger partial charge >= 0.3 is 0 Å². The van der Waals surface area contributed by atoms with Gasteiger partial charge in [0.2, 0.25) is 5.28 Å². The summed E-state index contributed by atoms with van der Waals surface area (Å²) in [5.41, 5.74) is 2.46. The normalized spacial score (nSPS) is 19.8. The molecule has 1 N–H and O–H groups in total. The summed E-state index contributed by atoms with van der Waals surface area (Å²) in [7, 11) is 0. The third kappa shape index (κ3) is 1.93. The average molecular weight is 224 g/mol. The van der Waals surface area contributed by atoms with Crippen molar-refractivity contribution >= 4 is 17.4 Å². The molecule has 2 aliphatic carbocycles. The van der Waals surface area contributed by atoms with Crippen molar-refractivity contribution in [2.45, 2.75) is 44.6 Å². The lowest BCUT2D eigenvalue weighted by Crippen LogP contribution is -2.13. The number of hydrogen-bond donors (Lipinski definition) is 1. The second-order valence-electron chi connectivity index (χ2n) is 4.39. The van der Waals surface area contributed by atoms with Crippen LogP contribution in [0.5, 0.6) is 0 Å². The van der Waals surface area contributed by atoms with Gasteiger partial charge < -0.3 is 5.32 Å². The fraction of sp³-hybridized carbons (Fsp3) is 0.636. The highest BCUT2D eigenvalue weighted by Crippen LogP contribution is 2.30. The number of rotatable bonds is 2. The zero-order valence-corrected chi connectivity index (χ0v) is 9.35. The maximum Gasteiger partial charge on any atom is 0.224 e. The minimum Gasteiger partial charge on any atom is -0.367 e. The Morgan fingerprint density at radius 3 is 2.73 bits per heavy atom. The third-order valence-electron chi connectivity index (χ3n) is 3.07. The predicted octanol–water partition coefficient (Wildman–Crippen LogP) is 2.58. The molecule has 2 aliphatic rings. The molecule has 0 bridgehead atoms. The number of aromatic nitrogens is 2. The molecule has 4 heteroatoms. The fourth-order valence-corrected chi connectivity index (χ4v) is 2.29. The summed E-state index contributed by atoms with van der Waals surface area (Å²) in [6.45, 7) is 0. The Kier molecular flexibility index (Phi) is 2.28. The van der Waals surface area contributed by atoms with E-state index in [1.165, 1.54) is 31.2 Å². The van der Waals surface area contributed by atoms with E-state index in [1.54, 1.807) is 0 Å². The highest BCUT2D eigenvalue weighted by atomic mass is 35.5. The summed E-state index contributed by atoms with van der Waals surface area (Å²) >= 11 is 5.92. The van der Waals surface area contributed by atoms with E-state index in [1.807, 2.05) is 0 Å². The quantitative estimate of drug-likeness (QED) is 0.784. The highest BCUT2D eigenvalue weighted by Gasteiger charge is 2.25. The molecular weight excluding hydrogens is 210 g/mol. The Bertz CT molecular complexity index is 388. The third-order valence-corrected chi connectivity index (χ3v) is 3.24. The van der Waals surface area contributed by atoms with E-state index in [4.69, 9.17) is 11.6 Å². The molecule has 1 aromatic rings. The summed E-state index contributed by atoms with van der Waals surface area (Å²) in [5.74, 6) is 0.993. The first-order valence-corrected chi connectivity index (χ1v) is 6.02. The predicted molar refractivity (Wildman–Crippen MR) is 60.3 cm³/mol. The zero-order valence-electron chi connectivity index (χ0n) is 8.59. The summed E-state index contributed by atoms with van der Waals surface area (Å²) in [5, 5.41) is 3.84. The van der Waals surface area contributed by atoms with Gasteiger partial charge in [0.25, 0.3) is 0 Å². The van der Waals surface area contributed by atoms with Crippen molar-refractivity contribution in [3.05, 3.63) is 16.5 Å². The summed E-state index contributed by atoms with van der Waals surface area (Å²) in [6.07, 6.45) is 7.14. The van der Waals surface area contributed by atoms with Gasteiger partial charge in [-0.05, 0) is 50.1 Å². The van der Waals surface area contributed by atoms with Crippen LogP contribution >= 0.6 is 11.6 Å². The van der Waals surface area contributed by atoms with Crippen molar-refractivity contribution in [2.24, 2.45) is 0 Å². The Hall–Kier alpha value is -0.830. The van der Waals surface area contributed by atoms with Crippen molar-refractivity contribution in [1.82, 2.24) is 9.97 Å². The lowest BCUT2D eigenvalue weighted by Gasteiger charge is -2.18. The Labute approximate surface area is 94.3 Å². The topological polar surface area (TPSA) is 37.8 Å². The first kappa shape index (κ1) is 9.40. The number of halogens is 1. The van der Waals surface area contributed by atoms with Crippen LogP contribution in [0, 0.1) is 0 Å². The number of anilines is 1. The van der Waals surface area contributed by atoms with Gasteiger partial charge in [-0.3, -0.25) is 0 Å². The van der Waals surface area contributed by atoms with Crippen LogP contribution in [0.25, 0.3) is 0 Å². The van der Waals surface area contributed by atoms with Crippen molar-refractivity contribution in [2.75, 3.05) is 5.32 Å². The summed E-state index contributed by atoms with van der Waals surface area (Å²) in [6, 6.07) is 0.627. The van der Waals surface area contributed by atoms with Gasteiger partial charge in [0.15, 0.2) is 0 Å². The van der Waals surface area contributed by atoms with Gasteiger partial charge in [-0.1, -0.05) is 0 Å². The molecule has 80 valence electrons. The number of nitrogens with zero attached hydrogens (tertiary/aromatic N) is 2. The lowest BCUT2D eigenvalue weighted by molar-refractivity contribution is 0.663. The summed E-state index contributed by atoms with van der Waals surface area (Å²) < 4.78 is 0. The molecule has 0 atom stereocenters. The molecule has 0 saturated heterocycles. The smallest absolute Gasteiger partial charge is 0.224 e. The van der Waals surface area contributed by atoms with E-state index in [2.05, 4.69) is 15.3 Å². The van der Waals surface area contributed by atoms with Crippen LogP contribution < -0.4 is 5.32 Å². The maximum absolute atomic E-state index is 5.92. The Balaban J connectivity index is 1.98. The molecule has 0 amide bonds. The first-order chi connectivity index (χ1) is 7.33. The van der Waals surface area contributed by atoms with Crippen LogP contribution in [0.1, 0.15) is 36.9 Å². The number of aryl methyl sites for hydroxylation is 1. The minimum atomic E-state index is 0.388. The number of hydrogen-bond acceptors (Lipinski definition) is 3. The molecule has 1 aromatic heterocycles. The van der Waals surface area contributed by atoms with Gasteiger partial charge in [0.05, 0.1) is 5.69 Å². The summed E-state index contributed by atoms with van der Waals surface area (Å²) in [4.78, 5) is 8.63. The molecule has 1 saturated carbocycles. The van der Waals surface area contributed by atoms with E-state index in [0.717, 1.165) is 24.4 Å². The Morgan fingerprint density at radius 2 is 1.93 bits per heavy atom. The number of fused-ring (bicyclic) bond motifs is 1. The van der Waals surface area contributed by atoms with Gasteiger partial charge in [-0.2, -0.15) is 0 Å². The van der Waals surface area contributed by atoms with E-state index < -0.39 is 0 Å². The van der Waals surface area contributed by atoms with Crippen LogP contribution in [-0.4, -0.2) is 16.0 Å². The highest BCUT2D eigenvalue weighted by molar-refractivity contribution is 6.28. The van der Waals surface area contributed by atoms with Crippen LogP contribution in [-0.2, 0) is 12.8 Å². The zero-order chi connectivity index (χ0) is 10.3. The van der Waals surface area contributed by atoms with Crippen LogP contribution in [0.2, 0.25) is 5.28 Å². The standard InChI is InChI=1S/C11H14ClN3/c12-11-14-9-4-2-1-3-8(9)10(15-11)13-7-5-6-7/h7H,1-6H2,(H,13,14,15). The second-order valence-corrected chi connectivity index (χ2v) is 4.73. The van der Waals surface area contributed by atoms with E-state index in [9.17, 15) is 0 Å². The molecule has 0 radical (unpaired) electrons. The molecule has 0 aromatic carbocycles. The van der Waals surface area contributed by atoms with E-state index >= 15 is 0 Å². The minimum absolute atomic E-state index is 0.388. The monoisotopic (exact) mass is 223 g/mol. The van der Waals surface area contributed by atoms with Crippen LogP contribution in [0.4, 0.5) is 5.82 Å². The van der Waals surface area contributed by atoms with Crippen molar-refractivity contribution < 1.29 is 0 Å². The molecule has 1 heterocycles. The lowest BCUT2D eigenvalue weighted by atomic mass is 9.96. The van der Waals surface area contributed by atoms with Gasteiger partial charge in [0, 0.05) is 11.6 Å². The molecule has 0 aliphatic heterocycles. The van der Waals surface area contributed by atoms with Crippen molar-refractivity contribution in [3.63, 3.8) is 0 Å². The van der Waals surface area contributed by atoms with Gasteiger partial charge in [-0.15, -0.1) is 0 Å². The fourth-order valence-electron chi connectivity index (χ4n) is 2.10. The van der Waals surface area contributed by atoms with E-state index in [-0.39, 0.29) is 0 Å². The molecule has 3 nitrogen and oxygen atoms in total. The second kappa shape index (κ2) is 3.63. The molecule has 0 spiro atoms. The number of nitrogens with one attached hydrogen (secondary N) is 1. The average Bonchev–Trinajstić information content (AvgIpc) is 3.01. The molecule has 1 fully saturated rings. The van der Waals surface area contributed by atoms with E-state index in [0.29, 0.717) is 11.3 Å². The largest absolute Gasteiger partial charge is 0.367 e. The van der Waals surface area contributed by atoms with Gasteiger partial charge in [-0.25, -0.2) is 9.97 Å².